The van der Waals surface area contributed by atoms with E-state index in [1.807, 2.05) is 17.5 Å². The largest absolute Gasteiger partial charge is 0.378 e. The number of hydrogen-bond acceptors (Lipinski definition) is 9. The number of rotatable bonds is 5. The van der Waals surface area contributed by atoms with Gasteiger partial charge in [-0.25, -0.2) is 10.1 Å². The van der Waals surface area contributed by atoms with Crippen LogP contribution < -0.4 is 11.2 Å². The van der Waals surface area contributed by atoms with Gasteiger partial charge in [-0.3, -0.25) is 4.79 Å². The van der Waals surface area contributed by atoms with Crippen molar-refractivity contribution < 1.29 is 9.42 Å². The summed E-state index contributed by atoms with van der Waals surface area (Å²) in [5.74, 6) is -0.447. The molecule has 1 amide bonds. The lowest BCUT2D eigenvalue weighted by Crippen LogP contribution is -2.21. The highest BCUT2D eigenvalue weighted by atomic mass is 35.5. The molecule has 0 aliphatic rings. The number of nitrogens with two attached hydrogens (primary N) is 1. The minimum absolute atomic E-state index is 0.0101. The number of carbonyl (C=O) groups is 1. The molecule has 0 fully saturated rings. The third kappa shape index (κ3) is 3.77. The minimum atomic E-state index is -0.580. The van der Waals surface area contributed by atoms with E-state index in [2.05, 4.69) is 35.8 Å². The molecule has 0 unspecified atom stereocenters. The van der Waals surface area contributed by atoms with Gasteiger partial charge in [0.05, 0.1) is 15.6 Å². The molecule has 0 aliphatic heterocycles. The first-order chi connectivity index (χ1) is 14.5. The van der Waals surface area contributed by atoms with Crippen molar-refractivity contribution in [3.8, 4) is 16.4 Å². The number of anilines is 1. The molecule has 13 heteroatoms. The summed E-state index contributed by atoms with van der Waals surface area (Å²) in [6.07, 6.45) is 0. The number of hydrazone groups is 1. The van der Waals surface area contributed by atoms with Crippen LogP contribution in [0.2, 0.25) is 10.0 Å². The first kappa shape index (κ1) is 20.0. The summed E-state index contributed by atoms with van der Waals surface area (Å²) in [6, 6.07) is 8.62. The van der Waals surface area contributed by atoms with Gasteiger partial charge in [0.25, 0.3) is 5.91 Å². The lowest BCUT2D eigenvalue weighted by Gasteiger charge is -2.06. The van der Waals surface area contributed by atoms with E-state index >= 15 is 0 Å². The Balaban J connectivity index is 1.68. The van der Waals surface area contributed by atoms with Crippen LogP contribution in [0.4, 0.5) is 5.82 Å². The molecule has 0 atom stereocenters. The Morgan fingerprint density at radius 1 is 1.30 bits per heavy atom. The number of benzene rings is 1. The molecule has 10 nitrogen and oxygen atoms in total. The van der Waals surface area contributed by atoms with Gasteiger partial charge in [-0.05, 0) is 40.8 Å². The zero-order valence-corrected chi connectivity index (χ0v) is 17.5. The molecule has 0 spiro atoms. The van der Waals surface area contributed by atoms with Gasteiger partial charge in [-0.1, -0.05) is 40.5 Å². The summed E-state index contributed by atoms with van der Waals surface area (Å²) in [5.41, 5.74) is 9.76. The van der Waals surface area contributed by atoms with Crippen molar-refractivity contribution in [2.75, 3.05) is 5.73 Å². The average Bonchev–Trinajstić information content (AvgIpc) is 3.45. The number of aromatic nitrogens is 5. The average molecular weight is 463 g/mol. The molecule has 0 bridgehead atoms. The topological polar surface area (TPSA) is 137 Å². The van der Waals surface area contributed by atoms with E-state index in [9.17, 15) is 4.79 Å². The Hall–Kier alpha value is -3.28. The van der Waals surface area contributed by atoms with E-state index < -0.39 is 5.91 Å². The van der Waals surface area contributed by atoms with E-state index in [4.69, 9.17) is 28.9 Å². The third-order valence-corrected chi connectivity index (χ3v) is 5.41. The smallest absolute Gasteiger partial charge is 0.294 e. The molecule has 30 heavy (non-hydrogen) atoms. The Morgan fingerprint density at radius 3 is 2.80 bits per heavy atom. The van der Waals surface area contributed by atoms with Crippen molar-refractivity contribution in [3.63, 3.8) is 0 Å². The molecule has 4 rings (SSSR count). The van der Waals surface area contributed by atoms with Gasteiger partial charge in [0.15, 0.2) is 5.69 Å². The van der Waals surface area contributed by atoms with Crippen LogP contribution >= 0.6 is 34.5 Å². The maximum Gasteiger partial charge on any atom is 0.294 e. The first-order valence-corrected chi connectivity index (χ1v) is 9.97. The zero-order chi connectivity index (χ0) is 21.3. The molecule has 0 aliphatic carbocycles. The normalized spacial score (nSPS) is 11.6. The van der Waals surface area contributed by atoms with Gasteiger partial charge in [0.1, 0.15) is 5.69 Å². The second kappa shape index (κ2) is 8.22. The van der Waals surface area contributed by atoms with Crippen LogP contribution in [0.15, 0.2) is 45.4 Å². The fourth-order valence-corrected chi connectivity index (χ4v) is 3.89. The van der Waals surface area contributed by atoms with E-state index in [-0.39, 0.29) is 17.3 Å². The number of carbonyl (C=O) groups excluding carboxylic acids is 1. The van der Waals surface area contributed by atoms with Crippen molar-refractivity contribution >= 4 is 52.0 Å². The highest BCUT2D eigenvalue weighted by molar-refractivity contribution is 7.13. The summed E-state index contributed by atoms with van der Waals surface area (Å²) in [7, 11) is 0. The van der Waals surface area contributed by atoms with E-state index in [1.54, 1.807) is 25.1 Å². The van der Waals surface area contributed by atoms with Gasteiger partial charge in [-0.2, -0.15) is 9.78 Å². The summed E-state index contributed by atoms with van der Waals surface area (Å²) >= 11 is 13.5. The van der Waals surface area contributed by atoms with Crippen LogP contribution in [0.3, 0.4) is 0 Å². The fraction of sp³-hybridized carbons (Fsp3) is 0.0588. The first-order valence-electron chi connectivity index (χ1n) is 8.33. The molecule has 3 N–H and O–H groups in total. The van der Waals surface area contributed by atoms with Crippen molar-refractivity contribution in [3.05, 3.63) is 57.0 Å². The van der Waals surface area contributed by atoms with E-state index in [1.165, 1.54) is 16.0 Å². The van der Waals surface area contributed by atoms with Gasteiger partial charge < -0.3 is 5.73 Å². The number of halogens is 2. The molecule has 3 heterocycles. The van der Waals surface area contributed by atoms with Gasteiger partial charge in [0, 0.05) is 10.6 Å². The highest BCUT2D eigenvalue weighted by Gasteiger charge is 2.25. The quantitative estimate of drug-likeness (QED) is 0.342. The molecule has 152 valence electrons. The summed E-state index contributed by atoms with van der Waals surface area (Å²) in [6.45, 7) is 1.70. The van der Waals surface area contributed by atoms with Crippen molar-refractivity contribution in [2.24, 2.45) is 5.10 Å². The maximum atomic E-state index is 12.8. The highest BCUT2D eigenvalue weighted by Crippen LogP contribution is 2.30. The molecule has 3 aromatic heterocycles. The Bertz CT molecular complexity index is 1250. The van der Waals surface area contributed by atoms with E-state index in [0.717, 1.165) is 0 Å². The summed E-state index contributed by atoms with van der Waals surface area (Å²) in [5, 5.41) is 22.1. The van der Waals surface area contributed by atoms with Crippen LogP contribution in [0.25, 0.3) is 16.4 Å². The van der Waals surface area contributed by atoms with Crippen LogP contribution in [-0.2, 0) is 0 Å². The lowest BCUT2D eigenvalue weighted by molar-refractivity contribution is 0.0950. The third-order valence-electron chi connectivity index (χ3n) is 3.98. The van der Waals surface area contributed by atoms with Crippen molar-refractivity contribution in [1.82, 2.24) is 30.7 Å². The molecule has 1 aromatic carbocycles. The van der Waals surface area contributed by atoms with Gasteiger partial charge in [-0.15, -0.1) is 16.4 Å². The van der Waals surface area contributed by atoms with Crippen molar-refractivity contribution in [1.29, 1.82) is 0 Å². The van der Waals surface area contributed by atoms with Crippen molar-refractivity contribution in [2.45, 2.75) is 6.92 Å². The second-order valence-corrected chi connectivity index (χ2v) is 7.70. The molecular weight excluding hydrogens is 451 g/mol. The van der Waals surface area contributed by atoms with Gasteiger partial charge >= 0.3 is 0 Å². The standard InChI is InChI=1S/C17H12Cl2N8O2S/c1-8(10-5-4-9(18)7-11(10)19)21-23-17(28)13-14(12-3-2-6-30-12)27(26-22-13)16-15(20)24-29-25-16/h2-7H,1H3,(H2,20,24)(H,23,28). The Labute approximate surface area is 183 Å². The fourth-order valence-electron chi connectivity index (χ4n) is 2.59. The SMILES string of the molecule is CC(=NNC(=O)c1nnn(-c2nonc2N)c1-c1cccs1)c1ccc(Cl)cc1Cl. The molecule has 0 radical (unpaired) electrons. The second-order valence-electron chi connectivity index (χ2n) is 5.91. The Morgan fingerprint density at radius 2 is 2.13 bits per heavy atom. The summed E-state index contributed by atoms with van der Waals surface area (Å²) in [4.78, 5) is 13.5. The molecule has 4 aromatic rings. The molecular formula is C17H12Cl2N8O2S. The van der Waals surface area contributed by atoms with Crippen LogP contribution in [0.5, 0.6) is 0 Å². The number of nitrogens with zero attached hydrogens (tertiary/aromatic N) is 6. The van der Waals surface area contributed by atoms with E-state index in [0.29, 0.717) is 31.9 Å². The predicted octanol–water partition coefficient (Wildman–Crippen LogP) is 3.42. The summed E-state index contributed by atoms with van der Waals surface area (Å²) < 4.78 is 5.93. The van der Waals surface area contributed by atoms with Gasteiger partial charge in [0.2, 0.25) is 11.6 Å². The minimum Gasteiger partial charge on any atom is -0.378 e. The van der Waals surface area contributed by atoms with Crippen LogP contribution in [-0.4, -0.2) is 36.9 Å². The molecule has 0 saturated heterocycles. The number of hydrogen-bond donors (Lipinski definition) is 2. The number of nitrogen functional groups attached to an aromatic ring is 1. The number of thiophene rings is 1. The molecule has 0 saturated carbocycles. The monoisotopic (exact) mass is 462 g/mol. The number of amides is 1. The van der Waals surface area contributed by atoms with Crippen LogP contribution in [0, 0.1) is 0 Å². The predicted molar refractivity (Wildman–Crippen MR) is 113 cm³/mol. The maximum absolute atomic E-state index is 12.8. The number of nitrogens with one attached hydrogen (secondary N) is 1. The zero-order valence-electron chi connectivity index (χ0n) is 15.2. The lowest BCUT2D eigenvalue weighted by atomic mass is 10.1. The Kier molecular flexibility index (Phi) is 5.48. The van der Waals surface area contributed by atoms with Crippen LogP contribution in [0.1, 0.15) is 23.0 Å².